The Balaban J connectivity index is 1.96. The summed E-state index contributed by atoms with van der Waals surface area (Å²) in [7, 11) is 0. The predicted molar refractivity (Wildman–Crippen MR) is 80.4 cm³/mol. The third-order valence-electron chi connectivity index (χ3n) is 2.93. The molecular formula is C15H21N3O. The topological polar surface area (TPSA) is 60.2 Å². The molecule has 0 saturated heterocycles. The van der Waals surface area contributed by atoms with E-state index < -0.39 is 0 Å². The summed E-state index contributed by atoms with van der Waals surface area (Å²) >= 11 is 0. The quantitative estimate of drug-likeness (QED) is 0.592. The first kappa shape index (κ1) is 13.6. The van der Waals surface area contributed by atoms with Crippen LogP contribution in [0.2, 0.25) is 0 Å². The summed E-state index contributed by atoms with van der Waals surface area (Å²) in [4.78, 5) is 4.32. The lowest BCUT2D eigenvalue weighted by molar-refractivity contribution is 0.134. The number of aromatic nitrogens is 1. The van der Waals surface area contributed by atoms with Gasteiger partial charge >= 0.3 is 0 Å². The van der Waals surface area contributed by atoms with E-state index in [1.807, 2.05) is 24.3 Å². The molecule has 0 saturated carbocycles. The second-order valence-electron chi connectivity index (χ2n) is 4.49. The molecule has 0 radical (unpaired) electrons. The van der Waals surface area contributed by atoms with Crippen LogP contribution in [0.4, 0.5) is 11.4 Å². The van der Waals surface area contributed by atoms with Crippen molar-refractivity contribution in [2.24, 2.45) is 0 Å². The summed E-state index contributed by atoms with van der Waals surface area (Å²) in [5, 5.41) is 4.48. The maximum atomic E-state index is 5.92. The highest BCUT2D eigenvalue weighted by Gasteiger charge is 2.03. The molecule has 0 aliphatic carbocycles. The average Bonchev–Trinajstić information content (AvgIpc) is 2.45. The largest absolute Gasteiger partial charge is 0.397 e. The van der Waals surface area contributed by atoms with Crippen molar-refractivity contribution in [3.05, 3.63) is 30.5 Å². The Labute approximate surface area is 114 Å². The first-order valence-corrected chi connectivity index (χ1v) is 6.77. The fourth-order valence-corrected chi connectivity index (χ4v) is 1.99. The van der Waals surface area contributed by atoms with Crippen molar-refractivity contribution in [2.75, 3.05) is 30.8 Å². The Bertz CT molecular complexity index is 528. The summed E-state index contributed by atoms with van der Waals surface area (Å²) < 4.78 is 5.45. The average molecular weight is 259 g/mol. The van der Waals surface area contributed by atoms with E-state index in [2.05, 4.69) is 17.2 Å². The molecule has 0 aliphatic rings. The van der Waals surface area contributed by atoms with Crippen LogP contribution in [0, 0.1) is 0 Å². The molecule has 0 spiro atoms. The first-order chi connectivity index (χ1) is 9.33. The number of nitrogen functional groups attached to an aromatic ring is 1. The number of pyridine rings is 1. The minimum absolute atomic E-state index is 0.715. The van der Waals surface area contributed by atoms with Crippen LogP contribution in [0.5, 0.6) is 0 Å². The highest BCUT2D eigenvalue weighted by molar-refractivity contribution is 5.98. The van der Waals surface area contributed by atoms with Crippen LogP contribution < -0.4 is 11.1 Å². The van der Waals surface area contributed by atoms with Gasteiger partial charge in [0.15, 0.2) is 0 Å². The van der Waals surface area contributed by atoms with Gasteiger partial charge in [-0.2, -0.15) is 0 Å². The number of anilines is 2. The Morgan fingerprint density at radius 2 is 2.16 bits per heavy atom. The normalized spacial score (nSPS) is 10.8. The minimum Gasteiger partial charge on any atom is -0.397 e. The monoisotopic (exact) mass is 259 g/mol. The lowest BCUT2D eigenvalue weighted by atomic mass is 10.1. The second kappa shape index (κ2) is 6.95. The molecule has 4 nitrogen and oxygen atoms in total. The molecule has 1 heterocycles. The van der Waals surface area contributed by atoms with E-state index in [0.29, 0.717) is 5.69 Å². The molecule has 3 N–H and O–H groups in total. The third kappa shape index (κ3) is 3.58. The molecular weight excluding hydrogens is 238 g/mol. The van der Waals surface area contributed by atoms with Gasteiger partial charge in [0, 0.05) is 37.0 Å². The van der Waals surface area contributed by atoms with E-state index in [1.54, 1.807) is 6.20 Å². The smallest absolute Gasteiger partial charge is 0.0951 e. The number of hydrogen-bond acceptors (Lipinski definition) is 4. The van der Waals surface area contributed by atoms with Crippen LogP contribution in [0.15, 0.2) is 30.5 Å². The van der Waals surface area contributed by atoms with Crippen molar-refractivity contribution in [2.45, 2.75) is 19.8 Å². The van der Waals surface area contributed by atoms with Gasteiger partial charge in [-0.05, 0) is 37.1 Å². The van der Waals surface area contributed by atoms with Crippen LogP contribution in [-0.4, -0.2) is 24.7 Å². The van der Waals surface area contributed by atoms with E-state index in [4.69, 9.17) is 10.5 Å². The maximum Gasteiger partial charge on any atom is 0.0951 e. The SMILES string of the molecule is CCCOCCCNc1ccc(N)c2ncccc12. The lowest BCUT2D eigenvalue weighted by Gasteiger charge is -2.10. The number of fused-ring (bicyclic) bond motifs is 1. The van der Waals surface area contributed by atoms with Crippen molar-refractivity contribution in [1.82, 2.24) is 4.98 Å². The molecule has 0 bridgehead atoms. The Kier molecular flexibility index (Phi) is 4.98. The summed E-state index contributed by atoms with van der Waals surface area (Å²) in [6, 6.07) is 7.86. The van der Waals surface area contributed by atoms with Crippen LogP contribution in [0.25, 0.3) is 10.9 Å². The van der Waals surface area contributed by atoms with E-state index in [-0.39, 0.29) is 0 Å². The number of nitrogens with two attached hydrogens (primary N) is 1. The first-order valence-electron chi connectivity index (χ1n) is 6.77. The zero-order valence-corrected chi connectivity index (χ0v) is 11.4. The number of ether oxygens (including phenoxy) is 1. The number of rotatable bonds is 7. The second-order valence-corrected chi connectivity index (χ2v) is 4.49. The zero-order chi connectivity index (χ0) is 13.5. The Morgan fingerprint density at radius 1 is 1.26 bits per heavy atom. The van der Waals surface area contributed by atoms with Gasteiger partial charge in [0.1, 0.15) is 0 Å². The van der Waals surface area contributed by atoms with E-state index in [0.717, 1.165) is 49.2 Å². The van der Waals surface area contributed by atoms with Gasteiger partial charge < -0.3 is 15.8 Å². The molecule has 1 aromatic heterocycles. The highest BCUT2D eigenvalue weighted by atomic mass is 16.5. The highest BCUT2D eigenvalue weighted by Crippen LogP contribution is 2.26. The standard InChI is InChI=1S/C15H21N3O/c1-2-10-19-11-4-9-17-14-7-6-13(16)15-12(14)5-3-8-18-15/h3,5-8,17H,2,4,9-11,16H2,1H3. The fraction of sp³-hybridized carbons (Fsp3) is 0.400. The third-order valence-corrected chi connectivity index (χ3v) is 2.93. The maximum absolute atomic E-state index is 5.92. The van der Waals surface area contributed by atoms with Gasteiger partial charge in [-0.15, -0.1) is 0 Å². The molecule has 4 heteroatoms. The zero-order valence-electron chi connectivity index (χ0n) is 11.4. The van der Waals surface area contributed by atoms with Crippen LogP contribution in [0.3, 0.4) is 0 Å². The van der Waals surface area contributed by atoms with Gasteiger partial charge in [-0.1, -0.05) is 6.92 Å². The molecule has 0 unspecified atom stereocenters. The lowest BCUT2D eigenvalue weighted by Crippen LogP contribution is -2.06. The molecule has 0 amide bonds. The van der Waals surface area contributed by atoms with Gasteiger partial charge in [0.2, 0.25) is 0 Å². The number of benzene rings is 1. The number of nitrogens with one attached hydrogen (secondary N) is 1. The minimum atomic E-state index is 0.715. The Morgan fingerprint density at radius 3 is 3.00 bits per heavy atom. The molecule has 19 heavy (non-hydrogen) atoms. The van der Waals surface area contributed by atoms with E-state index >= 15 is 0 Å². The van der Waals surface area contributed by atoms with Crippen LogP contribution in [-0.2, 0) is 4.74 Å². The van der Waals surface area contributed by atoms with Crippen molar-refractivity contribution < 1.29 is 4.74 Å². The van der Waals surface area contributed by atoms with Crippen LogP contribution >= 0.6 is 0 Å². The van der Waals surface area contributed by atoms with E-state index in [9.17, 15) is 0 Å². The van der Waals surface area contributed by atoms with Crippen molar-refractivity contribution in [3.8, 4) is 0 Å². The van der Waals surface area contributed by atoms with Gasteiger partial charge in [0.05, 0.1) is 11.2 Å². The summed E-state index contributed by atoms with van der Waals surface area (Å²) in [5.41, 5.74) is 8.57. The predicted octanol–water partition coefficient (Wildman–Crippen LogP) is 3.05. The van der Waals surface area contributed by atoms with Gasteiger partial charge in [-0.3, -0.25) is 4.98 Å². The van der Waals surface area contributed by atoms with Crippen molar-refractivity contribution in [1.29, 1.82) is 0 Å². The van der Waals surface area contributed by atoms with Crippen LogP contribution in [0.1, 0.15) is 19.8 Å². The molecule has 1 aromatic carbocycles. The summed E-state index contributed by atoms with van der Waals surface area (Å²) in [6.07, 6.45) is 3.83. The van der Waals surface area contributed by atoms with Gasteiger partial charge in [0.25, 0.3) is 0 Å². The van der Waals surface area contributed by atoms with Gasteiger partial charge in [-0.25, -0.2) is 0 Å². The van der Waals surface area contributed by atoms with E-state index in [1.165, 1.54) is 0 Å². The molecule has 102 valence electrons. The van der Waals surface area contributed by atoms with Crippen molar-refractivity contribution in [3.63, 3.8) is 0 Å². The number of hydrogen-bond donors (Lipinski definition) is 2. The summed E-state index contributed by atoms with van der Waals surface area (Å²) in [6.45, 7) is 4.64. The fourth-order valence-electron chi connectivity index (χ4n) is 1.99. The molecule has 0 aliphatic heterocycles. The molecule has 2 rings (SSSR count). The molecule has 0 fully saturated rings. The molecule has 0 atom stereocenters. The number of nitrogens with zero attached hydrogens (tertiary/aromatic N) is 1. The summed E-state index contributed by atoms with van der Waals surface area (Å²) in [5.74, 6) is 0. The Hall–Kier alpha value is -1.81. The molecule has 2 aromatic rings. The van der Waals surface area contributed by atoms with Crippen molar-refractivity contribution >= 4 is 22.3 Å².